The van der Waals surface area contributed by atoms with Crippen molar-refractivity contribution >= 4 is 24.9 Å². The number of rotatable bonds is 13. The number of aryl methyl sites for hydroxylation is 1. The van der Waals surface area contributed by atoms with Crippen molar-refractivity contribution in [1.29, 1.82) is 0 Å². The maximum atomic E-state index is 15.4. The van der Waals surface area contributed by atoms with Gasteiger partial charge in [0.05, 0.1) is 58.8 Å². The molecule has 298 valence electrons. The summed E-state index contributed by atoms with van der Waals surface area (Å²) in [4.78, 5) is 30.8. The molecule has 2 aliphatic rings. The van der Waals surface area contributed by atoms with E-state index in [1.54, 1.807) is 30.0 Å². The molecule has 5 atom stereocenters. The van der Waals surface area contributed by atoms with Crippen LogP contribution in [0.2, 0.25) is 18.6 Å². The fourth-order valence-electron chi connectivity index (χ4n) is 9.37. The molecule has 2 aliphatic heterocycles. The molecule has 58 heavy (non-hydrogen) atoms. The topological polar surface area (TPSA) is 121 Å². The number of methoxy groups -OCH3 is 2. The van der Waals surface area contributed by atoms with Gasteiger partial charge in [-0.25, -0.2) is 0 Å². The Kier molecular flexibility index (Phi) is 10.7. The van der Waals surface area contributed by atoms with E-state index in [-0.39, 0.29) is 47.3 Å². The molecule has 0 bridgehead atoms. The average Bonchev–Trinajstić information content (AvgIpc) is 3.91. The molecule has 11 nitrogen and oxygen atoms in total. The first-order valence-corrected chi connectivity index (χ1v) is 22.8. The highest BCUT2D eigenvalue weighted by atomic mass is 28.3. The Hall–Kier alpha value is -5.82. The third-order valence-corrected chi connectivity index (χ3v) is 16.7. The maximum absolute atomic E-state index is 15.4. The second-order valence-corrected chi connectivity index (χ2v) is 20.5. The highest BCUT2D eigenvalue weighted by Gasteiger charge is 2.66. The van der Waals surface area contributed by atoms with Gasteiger partial charge in [-0.05, 0) is 65.6 Å². The first-order chi connectivity index (χ1) is 28.1. The Labute approximate surface area is 339 Å². The number of pyridine rings is 1. The van der Waals surface area contributed by atoms with Crippen molar-refractivity contribution in [1.82, 2.24) is 19.6 Å². The van der Waals surface area contributed by atoms with Crippen LogP contribution in [0.1, 0.15) is 41.6 Å². The van der Waals surface area contributed by atoms with Crippen molar-refractivity contribution in [3.8, 4) is 17.2 Å². The maximum Gasteiger partial charge on any atom is 0.297 e. The van der Waals surface area contributed by atoms with E-state index < -0.39 is 13.7 Å². The lowest BCUT2D eigenvalue weighted by molar-refractivity contribution is -0.146. The molecule has 1 amide bonds. The van der Waals surface area contributed by atoms with E-state index in [0.717, 1.165) is 28.1 Å². The molecule has 4 aromatic carbocycles. The van der Waals surface area contributed by atoms with Crippen molar-refractivity contribution in [2.75, 3.05) is 25.7 Å². The summed E-state index contributed by atoms with van der Waals surface area (Å²) < 4.78 is 21.7. The number of hydrogen-bond donors (Lipinski definition) is 1. The number of fused-ring (bicyclic) bond motifs is 2. The van der Waals surface area contributed by atoms with Crippen molar-refractivity contribution < 1.29 is 24.1 Å². The minimum atomic E-state index is -2.45. The lowest BCUT2D eigenvalue weighted by atomic mass is 9.82. The number of aliphatic hydroxyl groups excluding tert-OH is 1. The molecule has 1 saturated heterocycles. The Morgan fingerprint density at radius 1 is 0.897 bits per heavy atom. The zero-order valence-corrected chi connectivity index (χ0v) is 34.5. The Bertz CT molecular complexity index is 2450. The number of carbonyl (C=O) groups excluding carboxylic acids is 1. The summed E-state index contributed by atoms with van der Waals surface area (Å²) >= 11 is 0. The van der Waals surface area contributed by atoms with Gasteiger partial charge in [0.1, 0.15) is 5.75 Å². The number of nitrogens with zero attached hydrogens (tertiary/aromatic N) is 5. The van der Waals surface area contributed by atoms with Crippen LogP contribution in [0, 0.1) is 5.92 Å². The van der Waals surface area contributed by atoms with Gasteiger partial charge in [-0.1, -0.05) is 103 Å². The first kappa shape index (κ1) is 39.0. The fourth-order valence-corrected chi connectivity index (χ4v) is 13.4. The number of amides is 1. The van der Waals surface area contributed by atoms with E-state index >= 15 is 4.79 Å². The molecular weight excluding hydrogens is 747 g/mol. The number of hydrogen-bond acceptors (Lipinski definition) is 8. The van der Waals surface area contributed by atoms with Crippen molar-refractivity contribution in [3.05, 3.63) is 160 Å². The average molecular weight is 796 g/mol. The zero-order chi connectivity index (χ0) is 40.6. The van der Waals surface area contributed by atoms with Gasteiger partial charge < -0.3 is 24.2 Å². The third kappa shape index (κ3) is 6.74. The van der Waals surface area contributed by atoms with Crippen LogP contribution in [0.25, 0.3) is 5.69 Å². The van der Waals surface area contributed by atoms with Crippen LogP contribution in [-0.4, -0.2) is 65.6 Å². The molecular formula is C46H49N5O6Si. The minimum absolute atomic E-state index is 0.0185. The molecule has 1 N–H and O–H groups in total. The lowest BCUT2D eigenvalue weighted by Gasteiger charge is -2.37. The quantitative estimate of drug-likeness (QED) is 0.133. The summed E-state index contributed by atoms with van der Waals surface area (Å²) in [7, 11) is 0.700. The van der Waals surface area contributed by atoms with Crippen LogP contribution in [0.3, 0.4) is 0 Å². The largest absolute Gasteiger partial charge is 0.497 e. The van der Waals surface area contributed by atoms with Gasteiger partial charge in [0.15, 0.2) is 11.4 Å². The SMILES string of the molecule is COc1ccc([Si](C)(C)[C@@H]2[C@@H](CCn3cc(C(CO)c4ccccc4)nn3)O[C@]3(C(=O)N(Cc4ccccc4)c4ccc(-n5cccc(OC)c5=O)cc43)[C@H]2C)cc1. The van der Waals surface area contributed by atoms with Gasteiger partial charge in [-0.15, -0.1) is 5.10 Å². The number of benzene rings is 4. The standard InChI is InChI=1S/C46H49N5O6Si/c1-31-43(58(4,5)36-21-19-35(55-2)20-22-36)41(24-26-49-29-39(47-48-49)37(30-52)33-15-10-7-11-16-33)57-46(31)38-27-34(50-25-12-17-42(56-3)44(50)53)18-23-40(38)51(45(46)54)28-32-13-8-6-9-14-32/h6-23,25,27,29,31,37,41,43,52H,24,26,28,30H2,1-5H3/t31-,37?,41+,43-,46+/m0/s1. The summed E-state index contributed by atoms with van der Waals surface area (Å²) in [6.07, 6.45) is 3.84. The number of anilines is 1. The van der Waals surface area contributed by atoms with Crippen LogP contribution < -0.4 is 25.1 Å². The minimum Gasteiger partial charge on any atom is -0.497 e. The van der Waals surface area contributed by atoms with Crippen LogP contribution in [0.4, 0.5) is 5.69 Å². The highest BCUT2D eigenvalue weighted by Crippen LogP contribution is 2.60. The molecule has 4 heterocycles. The molecule has 1 spiro atoms. The summed E-state index contributed by atoms with van der Waals surface area (Å²) in [5, 5.41) is 20.6. The molecule has 0 aliphatic carbocycles. The third-order valence-electron chi connectivity index (χ3n) is 12.4. The van der Waals surface area contributed by atoms with Crippen LogP contribution >= 0.6 is 0 Å². The van der Waals surface area contributed by atoms with Gasteiger partial charge in [0, 0.05) is 36.1 Å². The molecule has 0 radical (unpaired) electrons. The molecule has 2 aromatic heterocycles. The van der Waals surface area contributed by atoms with Gasteiger partial charge >= 0.3 is 0 Å². The molecule has 0 saturated carbocycles. The number of ether oxygens (including phenoxy) is 3. The molecule has 6 aromatic rings. The Morgan fingerprint density at radius 2 is 1.62 bits per heavy atom. The molecule has 8 rings (SSSR count). The summed E-state index contributed by atoms with van der Waals surface area (Å²) in [6.45, 7) is 7.65. The van der Waals surface area contributed by atoms with Crippen molar-refractivity contribution in [2.24, 2.45) is 5.92 Å². The van der Waals surface area contributed by atoms with Gasteiger partial charge in [-0.2, -0.15) is 0 Å². The lowest BCUT2D eigenvalue weighted by Crippen LogP contribution is -2.51. The van der Waals surface area contributed by atoms with E-state index in [9.17, 15) is 9.90 Å². The predicted octanol–water partition coefficient (Wildman–Crippen LogP) is 6.42. The number of carbonyl (C=O) groups is 1. The van der Waals surface area contributed by atoms with Gasteiger partial charge in [0.2, 0.25) is 0 Å². The zero-order valence-electron chi connectivity index (χ0n) is 33.5. The molecule has 1 fully saturated rings. The van der Waals surface area contributed by atoms with E-state index in [0.29, 0.717) is 30.9 Å². The second-order valence-electron chi connectivity index (χ2n) is 15.8. The number of aromatic nitrogens is 4. The highest BCUT2D eigenvalue weighted by molar-refractivity contribution is 6.91. The fraction of sp³-hybridized carbons (Fsp3) is 0.304. The molecule has 1 unspecified atom stereocenters. The summed E-state index contributed by atoms with van der Waals surface area (Å²) in [5.74, 6) is 0.339. The van der Waals surface area contributed by atoms with Crippen LogP contribution in [0.15, 0.2) is 132 Å². The summed E-state index contributed by atoms with van der Waals surface area (Å²) in [5.41, 5.74) is 3.13. The Morgan fingerprint density at radius 3 is 2.31 bits per heavy atom. The summed E-state index contributed by atoms with van der Waals surface area (Å²) in [6, 6.07) is 37.3. The van der Waals surface area contributed by atoms with Crippen LogP contribution in [-0.2, 0) is 28.2 Å². The van der Waals surface area contributed by atoms with Gasteiger partial charge in [0.25, 0.3) is 11.5 Å². The normalized spacial score (nSPS) is 20.7. The van der Waals surface area contributed by atoms with Crippen molar-refractivity contribution in [2.45, 2.75) is 62.7 Å². The van der Waals surface area contributed by atoms with Gasteiger partial charge in [-0.3, -0.25) is 18.8 Å². The predicted molar refractivity (Wildman–Crippen MR) is 226 cm³/mol. The number of aliphatic hydroxyl groups is 1. The van der Waals surface area contributed by atoms with E-state index in [4.69, 9.17) is 14.2 Å². The van der Waals surface area contributed by atoms with E-state index in [2.05, 4.69) is 42.5 Å². The van der Waals surface area contributed by atoms with Crippen LogP contribution in [0.5, 0.6) is 11.5 Å². The van der Waals surface area contributed by atoms with E-state index in [1.807, 2.05) is 107 Å². The van der Waals surface area contributed by atoms with E-state index in [1.165, 1.54) is 12.3 Å². The molecule has 12 heteroatoms. The smallest absolute Gasteiger partial charge is 0.297 e. The second kappa shape index (κ2) is 15.8. The first-order valence-electron chi connectivity index (χ1n) is 19.7. The van der Waals surface area contributed by atoms with Crippen molar-refractivity contribution in [3.63, 3.8) is 0 Å². The Balaban J connectivity index is 1.22. The monoisotopic (exact) mass is 795 g/mol.